The van der Waals surface area contributed by atoms with Gasteiger partial charge in [0.2, 0.25) is 0 Å². The van der Waals surface area contributed by atoms with E-state index in [1.165, 1.54) is 20.1 Å². The third-order valence-electron chi connectivity index (χ3n) is 3.62. The Morgan fingerprint density at radius 1 is 1.16 bits per heavy atom. The molecule has 0 aliphatic heterocycles. The van der Waals surface area contributed by atoms with Gasteiger partial charge in [0.05, 0.1) is 0 Å². The highest BCUT2D eigenvalue weighted by molar-refractivity contribution is 5.95. The van der Waals surface area contributed by atoms with Gasteiger partial charge < -0.3 is 19.6 Å². The van der Waals surface area contributed by atoms with E-state index in [1.54, 1.807) is 30.3 Å². The van der Waals surface area contributed by atoms with Gasteiger partial charge in [-0.05, 0) is 19.1 Å². The van der Waals surface area contributed by atoms with Gasteiger partial charge in [-0.15, -0.1) is 0 Å². The highest BCUT2D eigenvalue weighted by atomic mass is 16.5. The molecular weight excluding hydrogens is 326 g/mol. The minimum atomic E-state index is -1.14. The Labute approximate surface area is 144 Å². The number of aliphatic carboxylic acids is 1. The number of furan rings is 1. The zero-order valence-electron chi connectivity index (χ0n) is 13.9. The number of ether oxygens (including phenoxy) is 1. The molecule has 0 spiro atoms. The second kappa shape index (κ2) is 8.25. The Bertz CT molecular complexity index is 762. The Morgan fingerprint density at radius 3 is 2.40 bits per heavy atom. The fraction of sp³-hybridized carbons (Fsp3) is 0.278. The van der Waals surface area contributed by atoms with Crippen LogP contribution in [0.3, 0.4) is 0 Å². The highest BCUT2D eigenvalue weighted by Crippen LogP contribution is 2.23. The summed E-state index contributed by atoms with van der Waals surface area (Å²) in [6, 6.07) is 8.81. The predicted octanol–water partition coefficient (Wildman–Crippen LogP) is 2.37. The topological polar surface area (TPSA) is 106 Å². The second-order valence-corrected chi connectivity index (χ2v) is 5.44. The zero-order valence-corrected chi connectivity index (χ0v) is 13.9. The van der Waals surface area contributed by atoms with Crippen LogP contribution in [0, 0.1) is 0 Å². The number of benzene rings is 1. The van der Waals surface area contributed by atoms with Crippen LogP contribution in [0.4, 0.5) is 0 Å². The average Bonchev–Trinajstić information content (AvgIpc) is 3.08. The Balaban J connectivity index is 2.10. The van der Waals surface area contributed by atoms with Crippen molar-refractivity contribution in [2.45, 2.75) is 19.4 Å². The average molecular weight is 345 g/mol. The standard InChI is InChI=1S/C18H19NO6/c1-11(20)12-3-5-13(6-4-12)15-7-8-16(25-15)17(21)19-14(18(22)23)9-10-24-2/h3-8,14H,9-10H2,1-2H3,(H,19,21)(H,22,23). The fourth-order valence-corrected chi connectivity index (χ4v) is 2.21. The maximum Gasteiger partial charge on any atom is 0.326 e. The summed E-state index contributed by atoms with van der Waals surface area (Å²) < 4.78 is 10.3. The van der Waals surface area contributed by atoms with Crippen LogP contribution >= 0.6 is 0 Å². The number of rotatable bonds is 8. The summed E-state index contributed by atoms with van der Waals surface area (Å²) in [7, 11) is 1.46. The fourth-order valence-electron chi connectivity index (χ4n) is 2.21. The molecule has 1 aromatic carbocycles. The van der Waals surface area contributed by atoms with Crippen molar-refractivity contribution in [2.24, 2.45) is 0 Å². The number of methoxy groups -OCH3 is 1. The van der Waals surface area contributed by atoms with E-state index < -0.39 is 17.9 Å². The van der Waals surface area contributed by atoms with Crippen LogP contribution in [0.15, 0.2) is 40.8 Å². The molecule has 1 amide bonds. The van der Waals surface area contributed by atoms with E-state index in [2.05, 4.69) is 5.32 Å². The molecule has 25 heavy (non-hydrogen) atoms. The van der Waals surface area contributed by atoms with Gasteiger partial charge in [-0.1, -0.05) is 24.3 Å². The number of carbonyl (C=O) groups excluding carboxylic acids is 2. The molecule has 0 aliphatic carbocycles. The van der Waals surface area contributed by atoms with Crippen molar-refractivity contribution in [3.05, 3.63) is 47.7 Å². The summed E-state index contributed by atoms with van der Waals surface area (Å²) in [5, 5.41) is 11.5. The molecule has 1 unspecified atom stereocenters. The zero-order chi connectivity index (χ0) is 18.4. The van der Waals surface area contributed by atoms with E-state index in [9.17, 15) is 14.4 Å². The lowest BCUT2D eigenvalue weighted by molar-refractivity contribution is -0.139. The third-order valence-corrected chi connectivity index (χ3v) is 3.62. The van der Waals surface area contributed by atoms with Gasteiger partial charge in [0.15, 0.2) is 11.5 Å². The van der Waals surface area contributed by atoms with Gasteiger partial charge in [0, 0.05) is 31.3 Å². The lowest BCUT2D eigenvalue weighted by Crippen LogP contribution is -2.41. The van der Waals surface area contributed by atoms with Crippen LogP contribution < -0.4 is 5.32 Å². The first-order valence-electron chi connectivity index (χ1n) is 7.66. The van der Waals surface area contributed by atoms with Crippen molar-refractivity contribution in [3.63, 3.8) is 0 Å². The summed E-state index contributed by atoms with van der Waals surface area (Å²) in [5.74, 6) is -1.34. The van der Waals surface area contributed by atoms with Gasteiger partial charge in [0.1, 0.15) is 11.8 Å². The number of carbonyl (C=O) groups is 3. The number of amides is 1. The molecule has 1 heterocycles. The SMILES string of the molecule is COCCC(NC(=O)c1ccc(-c2ccc(C(C)=O)cc2)o1)C(=O)O. The van der Waals surface area contributed by atoms with E-state index in [1.807, 2.05) is 0 Å². The number of carboxylic acids is 1. The number of ketones is 1. The molecule has 7 nitrogen and oxygen atoms in total. The number of hydrogen-bond acceptors (Lipinski definition) is 5. The van der Waals surface area contributed by atoms with Crippen molar-refractivity contribution in [1.82, 2.24) is 5.32 Å². The number of hydrogen-bond donors (Lipinski definition) is 2. The monoisotopic (exact) mass is 345 g/mol. The molecule has 0 bridgehead atoms. The molecule has 7 heteroatoms. The van der Waals surface area contributed by atoms with Gasteiger partial charge in [-0.2, -0.15) is 0 Å². The highest BCUT2D eigenvalue weighted by Gasteiger charge is 2.22. The maximum atomic E-state index is 12.2. The summed E-state index contributed by atoms with van der Waals surface area (Å²) in [6.45, 7) is 1.69. The summed E-state index contributed by atoms with van der Waals surface area (Å²) >= 11 is 0. The lowest BCUT2D eigenvalue weighted by Gasteiger charge is -2.12. The maximum absolute atomic E-state index is 12.2. The van der Waals surface area contributed by atoms with Crippen LogP contribution in [-0.2, 0) is 9.53 Å². The van der Waals surface area contributed by atoms with Gasteiger partial charge in [-0.25, -0.2) is 4.79 Å². The summed E-state index contributed by atoms with van der Waals surface area (Å²) in [4.78, 5) is 34.6. The first-order chi connectivity index (χ1) is 11.9. The predicted molar refractivity (Wildman–Crippen MR) is 89.5 cm³/mol. The molecule has 2 rings (SSSR count). The molecule has 0 radical (unpaired) electrons. The van der Waals surface area contributed by atoms with Crippen LogP contribution in [0.25, 0.3) is 11.3 Å². The Hall–Kier alpha value is -2.93. The molecular formula is C18H19NO6. The second-order valence-electron chi connectivity index (χ2n) is 5.44. The Morgan fingerprint density at radius 2 is 1.84 bits per heavy atom. The van der Waals surface area contributed by atoms with Crippen LogP contribution in [0.5, 0.6) is 0 Å². The molecule has 2 N–H and O–H groups in total. The van der Waals surface area contributed by atoms with Crippen molar-refractivity contribution in [1.29, 1.82) is 0 Å². The number of nitrogens with one attached hydrogen (secondary N) is 1. The van der Waals surface area contributed by atoms with Gasteiger partial charge in [0.25, 0.3) is 5.91 Å². The normalized spacial score (nSPS) is 11.8. The molecule has 0 saturated heterocycles. The molecule has 0 saturated carbocycles. The van der Waals surface area contributed by atoms with Gasteiger partial charge >= 0.3 is 5.97 Å². The van der Waals surface area contributed by atoms with Crippen molar-refractivity contribution >= 4 is 17.7 Å². The summed E-state index contributed by atoms with van der Waals surface area (Å²) in [6.07, 6.45) is 0.150. The molecule has 0 fully saturated rings. The molecule has 0 aliphatic rings. The first-order valence-corrected chi connectivity index (χ1v) is 7.66. The molecule has 2 aromatic rings. The molecule has 132 valence electrons. The smallest absolute Gasteiger partial charge is 0.326 e. The van der Waals surface area contributed by atoms with E-state index in [0.29, 0.717) is 16.9 Å². The first kappa shape index (κ1) is 18.4. The summed E-state index contributed by atoms with van der Waals surface area (Å²) in [5.41, 5.74) is 1.29. The van der Waals surface area contributed by atoms with E-state index in [0.717, 1.165) is 0 Å². The van der Waals surface area contributed by atoms with E-state index in [-0.39, 0.29) is 24.6 Å². The molecule has 1 aromatic heterocycles. The minimum Gasteiger partial charge on any atom is -0.480 e. The van der Waals surface area contributed by atoms with Crippen molar-refractivity contribution in [3.8, 4) is 11.3 Å². The number of carboxylic acid groups (broad SMARTS) is 1. The quantitative estimate of drug-likeness (QED) is 0.712. The van der Waals surface area contributed by atoms with E-state index in [4.69, 9.17) is 14.3 Å². The third kappa shape index (κ3) is 4.77. The van der Waals surface area contributed by atoms with Gasteiger partial charge in [-0.3, -0.25) is 9.59 Å². The lowest BCUT2D eigenvalue weighted by atomic mass is 10.1. The molecule has 1 atom stereocenters. The van der Waals surface area contributed by atoms with Crippen molar-refractivity contribution in [2.75, 3.05) is 13.7 Å². The van der Waals surface area contributed by atoms with Crippen molar-refractivity contribution < 1.29 is 28.6 Å². The van der Waals surface area contributed by atoms with Crippen LogP contribution in [0.1, 0.15) is 34.3 Å². The van der Waals surface area contributed by atoms with E-state index >= 15 is 0 Å². The Kier molecular flexibility index (Phi) is 6.08. The number of Topliss-reactive ketones (excluding diaryl/α,β-unsaturated/α-hetero) is 1. The largest absolute Gasteiger partial charge is 0.480 e. The minimum absolute atomic E-state index is 0.00862. The van der Waals surface area contributed by atoms with Crippen LogP contribution in [0.2, 0.25) is 0 Å². The van der Waals surface area contributed by atoms with Crippen LogP contribution in [-0.4, -0.2) is 42.5 Å².